The maximum atomic E-state index is 4.84. The van der Waals surface area contributed by atoms with Gasteiger partial charge in [0.25, 0.3) is 0 Å². The quantitative estimate of drug-likeness (QED) is 0.892. The Morgan fingerprint density at radius 2 is 1.80 bits per heavy atom. The van der Waals surface area contributed by atoms with Gasteiger partial charge in [-0.15, -0.1) is 0 Å². The number of nitrogens with zero attached hydrogens (tertiary/aromatic N) is 2. The van der Waals surface area contributed by atoms with Crippen LogP contribution in [0.5, 0.6) is 0 Å². The molecular formula is C16H18BrN3. The van der Waals surface area contributed by atoms with Crippen molar-refractivity contribution in [3.63, 3.8) is 0 Å². The van der Waals surface area contributed by atoms with Gasteiger partial charge in [-0.3, -0.25) is 0 Å². The summed E-state index contributed by atoms with van der Waals surface area (Å²) in [6.45, 7) is 0. The molecule has 1 heterocycles. The lowest BCUT2D eigenvalue weighted by Crippen LogP contribution is -2.06. The third kappa shape index (κ3) is 2.57. The Labute approximate surface area is 128 Å². The summed E-state index contributed by atoms with van der Waals surface area (Å²) in [5, 5.41) is 3.17. The first kappa shape index (κ1) is 13.6. The minimum absolute atomic E-state index is 0.512. The van der Waals surface area contributed by atoms with Gasteiger partial charge in [0.1, 0.15) is 11.6 Å². The molecule has 1 aromatic carbocycles. The Morgan fingerprint density at radius 1 is 1.10 bits per heavy atom. The zero-order valence-corrected chi connectivity index (χ0v) is 13.2. The molecule has 104 valence electrons. The molecule has 4 heteroatoms. The van der Waals surface area contributed by atoms with Gasteiger partial charge < -0.3 is 5.32 Å². The number of hydrogen-bond acceptors (Lipinski definition) is 3. The molecule has 0 spiro atoms. The van der Waals surface area contributed by atoms with E-state index in [-0.39, 0.29) is 0 Å². The molecule has 0 radical (unpaired) electrons. The lowest BCUT2D eigenvalue weighted by Gasteiger charge is -2.14. The second-order valence-electron chi connectivity index (χ2n) is 5.19. The average Bonchev–Trinajstić information content (AvgIpc) is 3.03. The lowest BCUT2D eigenvalue weighted by atomic mass is 10.1. The molecule has 0 bridgehead atoms. The Morgan fingerprint density at radius 3 is 2.45 bits per heavy atom. The number of aromatic nitrogens is 2. The van der Waals surface area contributed by atoms with Crippen molar-refractivity contribution in [3.8, 4) is 11.3 Å². The van der Waals surface area contributed by atoms with Gasteiger partial charge in [-0.2, -0.15) is 0 Å². The van der Waals surface area contributed by atoms with Gasteiger partial charge in [0.05, 0.1) is 10.2 Å². The van der Waals surface area contributed by atoms with Crippen LogP contribution >= 0.6 is 15.9 Å². The smallest absolute Gasteiger partial charge is 0.144 e. The van der Waals surface area contributed by atoms with Crippen LogP contribution in [0.1, 0.15) is 37.4 Å². The van der Waals surface area contributed by atoms with E-state index in [1.807, 2.05) is 25.2 Å². The van der Waals surface area contributed by atoms with Crippen molar-refractivity contribution in [2.45, 2.75) is 31.6 Å². The van der Waals surface area contributed by atoms with Gasteiger partial charge in [0.15, 0.2) is 0 Å². The molecule has 3 rings (SSSR count). The van der Waals surface area contributed by atoms with Gasteiger partial charge in [0.2, 0.25) is 0 Å². The summed E-state index contributed by atoms with van der Waals surface area (Å²) in [5.41, 5.74) is 2.10. The molecule has 0 aliphatic heterocycles. The Balaban J connectivity index is 2.10. The van der Waals surface area contributed by atoms with Crippen LogP contribution in [0.2, 0.25) is 0 Å². The van der Waals surface area contributed by atoms with E-state index in [0.717, 1.165) is 27.4 Å². The maximum absolute atomic E-state index is 4.84. The summed E-state index contributed by atoms with van der Waals surface area (Å²) >= 11 is 3.63. The zero-order chi connectivity index (χ0) is 13.9. The van der Waals surface area contributed by atoms with Crippen molar-refractivity contribution >= 4 is 21.7 Å². The minimum Gasteiger partial charge on any atom is -0.372 e. The van der Waals surface area contributed by atoms with Gasteiger partial charge in [-0.25, -0.2) is 9.97 Å². The highest BCUT2D eigenvalue weighted by Gasteiger charge is 2.22. The molecule has 1 fully saturated rings. The van der Waals surface area contributed by atoms with Gasteiger partial charge >= 0.3 is 0 Å². The van der Waals surface area contributed by atoms with E-state index in [0.29, 0.717) is 5.92 Å². The van der Waals surface area contributed by atoms with Crippen LogP contribution in [0.4, 0.5) is 5.82 Å². The summed E-state index contributed by atoms with van der Waals surface area (Å²) < 4.78 is 0.938. The van der Waals surface area contributed by atoms with E-state index in [4.69, 9.17) is 4.98 Å². The lowest BCUT2D eigenvalue weighted by molar-refractivity contribution is 0.669. The highest BCUT2D eigenvalue weighted by Crippen LogP contribution is 2.37. The van der Waals surface area contributed by atoms with Crippen molar-refractivity contribution in [1.29, 1.82) is 0 Å². The van der Waals surface area contributed by atoms with Crippen LogP contribution in [0.3, 0.4) is 0 Å². The second-order valence-corrected chi connectivity index (χ2v) is 5.98. The van der Waals surface area contributed by atoms with Crippen LogP contribution in [-0.2, 0) is 0 Å². The van der Waals surface area contributed by atoms with Crippen LogP contribution in [0.15, 0.2) is 34.8 Å². The fourth-order valence-electron chi connectivity index (χ4n) is 2.78. The minimum atomic E-state index is 0.512. The van der Waals surface area contributed by atoms with Gasteiger partial charge in [0, 0.05) is 18.5 Å². The predicted molar refractivity (Wildman–Crippen MR) is 85.9 cm³/mol. The van der Waals surface area contributed by atoms with Crippen molar-refractivity contribution in [2.75, 3.05) is 12.4 Å². The van der Waals surface area contributed by atoms with E-state index in [2.05, 4.69) is 38.4 Å². The molecule has 2 aromatic rings. The summed E-state index contributed by atoms with van der Waals surface area (Å²) in [5.74, 6) is 2.37. The maximum Gasteiger partial charge on any atom is 0.144 e. The average molecular weight is 332 g/mol. The fourth-order valence-corrected chi connectivity index (χ4v) is 3.39. The molecule has 20 heavy (non-hydrogen) atoms. The van der Waals surface area contributed by atoms with Gasteiger partial charge in [-0.1, -0.05) is 43.2 Å². The molecule has 0 atom stereocenters. The number of hydrogen-bond donors (Lipinski definition) is 1. The molecule has 1 saturated carbocycles. The predicted octanol–water partition coefficient (Wildman–Crippen LogP) is 4.61. The summed E-state index contributed by atoms with van der Waals surface area (Å²) in [6, 6.07) is 10.3. The molecule has 0 saturated heterocycles. The van der Waals surface area contributed by atoms with Crippen molar-refractivity contribution in [2.24, 2.45) is 0 Å². The SMILES string of the molecule is CNc1nc(C2CCCC2)nc(-c2ccccc2)c1Br. The molecule has 0 unspecified atom stereocenters. The number of anilines is 1. The van der Waals surface area contributed by atoms with Crippen molar-refractivity contribution in [1.82, 2.24) is 9.97 Å². The Bertz CT molecular complexity index is 592. The van der Waals surface area contributed by atoms with E-state index >= 15 is 0 Å². The molecule has 0 amide bonds. The van der Waals surface area contributed by atoms with E-state index in [1.54, 1.807) is 0 Å². The van der Waals surface area contributed by atoms with E-state index in [1.165, 1.54) is 25.7 Å². The normalized spacial score (nSPS) is 15.5. The van der Waals surface area contributed by atoms with Crippen LogP contribution < -0.4 is 5.32 Å². The van der Waals surface area contributed by atoms with Gasteiger partial charge in [-0.05, 0) is 28.8 Å². The Hall–Kier alpha value is -1.42. The molecule has 1 N–H and O–H groups in total. The Kier molecular flexibility index (Phi) is 4.01. The van der Waals surface area contributed by atoms with Crippen LogP contribution in [0.25, 0.3) is 11.3 Å². The van der Waals surface area contributed by atoms with Crippen LogP contribution in [0, 0.1) is 0 Å². The largest absolute Gasteiger partial charge is 0.372 e. The molecular weight excluding hydrogens is 314 g/mol. The van der Waals surface area contributed by atoms with Crippen LogP contribution in [-0.4, -0.2) is 17.0 Å². The third-order valence-electron chi connectivity index (χ3n) is 3.87. The third-order valence-corrected chi connectivity index (χ3v) is 4.62. The second kappa shape index (κ2) is 5.92. The topological polar surface area (TPSA) is 37.8 Å². The molecule has 3 nitrogen and oxygen atoms in total. The monoisotopic (exact) mass is 331 g/mol. The molecule has 1 aromatic heterocycles. The summed E-state index contributed by atoms with van der Waals surface area (Å²) in [7, 11) is 1.90. The summed E-state index contributed by atoms with van der Waals surface area (Å²) in [6.07, 6.45) is 5.00. The standard InChI is InChI=1S/C16H18BrN3/c1-18-16-13(17)14(11-7-3-2-4-8-11)19-15(20-16)12-9-5-6-10-12/h2-4,7-8,12H,5-6,9-10H2,1H3,(H,18,19,20). The first-order chi connectivity index (χ1) is 9.79. The fraction of sp³-hybridized carbons (Fsp3) is 0.375. The summed E-state index contributed by atoms with van der Waals surface area (Å²) in [4.78, 5) is 9.53. The number of nitrogens with one attached hydrogen (secondary N) is 1. The number of halogens is 1. The zero-order valence-electron chi connectivity index (χ0n) is 11.6. The van der Waals surface area contributed by atoms with Crippen molar-refractivity contribution in [3.05, 3.63) is 40.6 Å². The first-order valence-electron chi connectivity index (χ1n) is 7.10. The highest BCUT2D eigenvalue weighted by molar-refractivity contribution is 9.10. The number of benzene rings is 1. The molecule has 1 aliphatic rings. The number of rotatable bonds is 3. The van der Waals surface area contributed by atoms with E-state index in [9.17, 15) is 0 Å². The van der Waals surface area contributed by atoms with Crippen molar-refractivity contribution < 1.29 is 0 Å². The van der Waals surface area contributed by atoms with E-state index < -0.39 is 0 Å². The highest BCUT2D eigenvalue weighted by atomic mass is 79.9. The molecule has 1 aliphatic carbocycles. The first-order valence-corrected chi connectivity index (χ1v) is 7.89.